The van der Waals surface area contributed by atoms with Crippen molar-refractivity contribution in [1.82, 2.24) is 15.3 Å². The van der Waals surface area contributed by atoms with Crippen LogP contribution in [0.5, 0.6) is 11.5 Å². The number of rotatable bonds is 7. The van der Waals surface area contributed by atoms with Gasteiger partial charge in [-0.25, -0.2) is 4.98 Å². The van der Waals surface area contributed by atoms with Gasteiger partial charge in [-0.3, -0.25) is 4.79 Å². The molecule has 0 unspecified atom stereocenters. The number of fused-ring (bicyclic) bond motifs is 1. The second-order valence-corrected chi connectivity index (χ2v) is 7.57. The number of aromatic amines is 1. The van der Waals surface area contributed by atoms with Crippen molar-refractivity contribution in [2.45, 2.75) is 0 Å². The zero-order chi connectivity index (χ0) is 20.3. The molecule has 1 heterocycles. The minimum absolute atomic E-state index is 0.119. The van der Waals surface area contributed by atoms with Gasteiger partial charge >= 0.3 is 10.1 Å². The number of aromatic nitrogens is 2. The average Bonchev–Trinajstić information content (AvgIpc) is 3.07. The molecule has 1 amide bonds. The predicted octanol–water partition coefficient (Wildman–Crippen LogP) is 1.73. The molecule has 3 rings (SSSR count). The van der Waals surface area contributed by atoms with E-state index in [9.17, 15) is 13.2 Å². The van der Waals surface area contributed by atoms with Crippen molar-refractivity contribution in [3.05, 3.63) is 36.4 Å². The Kier molecular flexibility index (Phi) is 5.41. The maximum atomic E-state index is 11.4. The lowest BCUT2D eigenvalue weighted by Gasteiger charge is -2.09. The summed E-state index contributed by atoms with van der Waals surface area (Å²) >= 11 is 0. The molecule has 28 heavy (non-hydrogen) atoms. The van der Waals surface area contributed by atoms with Crippen LogP contribution in [0.15, 0.2) is 36.4 Å². The van der Waals surface area contributed by atoms with Crippen LogP contribution in [-0.2, 0) is 14.9 Å². The largest absolute Gasteiger partial charge is 0.496 e. The summed E-state index contributed by atoms with van der Waals surface area (Å²) < 4.78 is 32.9. The number of nitrogens with one attached hydrogen (secondary N) is 3. The summed E-state index contributed by atoms with van der Waals surface area (Å²) in [7, 11) is -0.577. The summed E-state index contributed by atoms with van der Waals surface area (Å²) in [6.07, 6.45) is 0.975. The first-order valence-corrected chi connectivity index (χ1v) is 10.1. The van der Waals surface area contributed by atoms with Gasteiger partial charge in [0, 0.05) is 18.8 Å². The third-order valence-electron chi connectivity index (χ3n) is 3.89. The average molecular weight is 404 g/mol. The van der Waals surface area contributed by atoms with Crippen LogP contribution in [-0.4, -0.2) is 51.3 Å². The molecule has 0 fully saturated rings. The van der Waals surface area contributed by atoms with Crippen molar-refractivity contribution in [3.8, 4) is 22.9 Å². The van der Waals surface area contributed by atoms with Crippen LogP contribution in [0.3, 0.4) is 0 Å². The number of hydrogen-bond donors (Lipinski definition) is 3. The molecular formula is C18H20N4O5S. The summed E-state index contributed by atoms with van der Waals surface area (Å²) in [5, 5.41) is 5.58. The van der Waals surface area contributed by atoms with Gasteiger partial charge in [0.1, 0.15) is 17.3 Å². The molecule has 0 aliphatic heterocycles. The molecule has 0 atom stereocenters. The molecule has 3 aromatic rings. The van der Waals surface area contributed by atoms with Gasteiger partial charge in [0.25, 0.3) is 0 Å². The fraction of sp³-hybridized carbons (Fsp3) is 0.222. The Morgan fingerprint density at radius 3 is 2.68 bits per heavy atom. The summed E-state index contributed by atoms with van der Waals surface area (Å²) in [5.74, 6) is 1.01. The van der Waals surface area contributed by atoms with Gasteiger partial charge < -0.3 is 24.5 Å². The highest BCUT2D eigenvalue weighted by atomic mass is 32.2. The Bertz CT molecular complexity index is 1120. The maximum Gasteiger partial charge on any atom is 0.306 e. The zero-order valence-corrected chi connectivity index (χ0v) is 16.4. The first-order valence-electron chi connectivity index (χ1n) is 8.31. The topological polar surface area (TPSA) is 122 Å². The molecular weight excluding hydrogens is 384 g/mol. The van der Waals surface area contributed by atoms with Gasteiger partial charge in [0.05, 0.1) is 36.5 Å². The number of carbonyl (C=O) groups is 1. The maximum absolute atomic E-state index is 11.4. The van der Waals surface area contributed by atoms with E-state index < -0.39 is 10.1 Å². The van der Waals surface area contributed by atoms with Crippen LogP contribution in [0.2, 0.25) is 0 Å². The van der Waals surface area contributed by atoms with Gasteiger partial charge in [-0.05, 0) is 30.3 Å². The first-order chi connectivity index (χ1) is 13.3. The number of benzene rings is 2. The second kappa shape index (κ2) is 7.77. The van der Waals surface area contributed by atoms with Crippen molar-refractivity contribution in [2.75, 3.05) is 32.3 Å². The number of hydrogen-bond acceptors (Lipinski definition) is 7. The van der Waals surface area contributed by atoms with Gasteiger partial charge in [-0.1, -0.05) is 0 Å². The number of imidazole rings is 1. The quantitative estimate of drug-likeness (QED) is 0.513. The van der Waals surface area contributed by atoms with Crippen molar-refractivity contribution < 1.29 is 22.1 Å². The van der Waals surface area contributed by atoms with Gasteiger partial charge in [-0.15, -0.1) is 0 Å². The molecule has 3 N–H and O–H groups in total. The number of methoxy groups -OCH3 is 1. The minimum Gasteiger partial charge on any atom is -0.496 e. The van der Waals surface area contributed by atoms with Gasteiger partial charge in [0.15, 0.2) is 0 Å². The molecule has 2 aromatic carbocycles. The van der Waals surface area contributed by atoms with Crippen molar-refractivity contribution in [3.63, 3.8) is 0 Å². The number of anilines is 1. The van der Waals surface area contributed by atoms with Crippen molar-refractivity contribution in [2.24, 2.45) is 0 Å². The first kappa shape index (κ1) is 19.5. The van der Waals surface area contributed by atoms with Gasteiger partial charge in [-0.2, -0.15) is 8.42 Å². The number of nitrogens with zero attached hydrogens (tertiary/aromatic N) is 1. The monoisotopic (exact) mass is 404 g/mol. The lowest BCUT2D eigenvalue weighted by atomic mass is 10.2. The van der Waals surface area contributed by atoms with E-state index in [0.29, 0.717) is 17.1 Å². The van der Waals surface area contributed by atoms with Crippen LogP contribution < -0.4 is 19.6 Å². The number of carbonyl (C=O) groups excluding carboxylic acids is 1. The highest BCUT2D eigenvalue weighted by Crippen LogP contribution is 2.33. The smallest absolute Gasteiger partial charge is 0.306 e. The van der Waals surface area contributed by atoms with E-state index in [-0.39, 0.29) is 18.2 Å². The predicted molar refractivity (Wildman–Crippen MR) is 106 cm³/mol. The normalized spacial score (nSPS) is 11.2. The summed E-state index contributed by atoms with van der Waals surface area (Å²) in [5.41, 5.74) is 2.93. The summed E-state index contributed by atoms with van der Waals surface area (Å²) in [6, 6.07) is 10.2. The third-order valence-corrected chi connectivity index (χ3v) is 4.38. The van der Waals surface area contributed by atoms with Crippen LogP contribution in [0, 0.1) is 0 Å². The van der Waals surface area contributed by atoms with E-state index in [0.717, 1.165) is 23.0 Å². The highest BCUT2D eigenvalue weighted by molar-refractivity contribution is 7.86. The Morgan fingerprint density at radius 2 is 2.00 bits per heavy atom. The van der Waals surface area contributed by atoms with Crippen LogP contribution in [0.1, 0.15) is 0 Å². The lowest BCUT2D eigenvalue weighted by molar-refractivity contribution is -0.118. The molecule has 0 aliphatic rings. The van der Waals surface area contributed by atoms with Crippen molar-refractivity contribution >= 4 is 32.7 Å². The number of ether oxygens (including phenoxy) is 1. The molecule has 148 valence electrons. The lowest BCUT2D eigenvalue weighted by Crippen LogP contribution is -2.26. The van der Waals surface area contributed by atoms with Crippen LogP contribution in [0.4, 0.5) is 5.69 Å². The molecule has 0 radical (unpaired) electrons. The van der Waals surface area contributed by atoms with E-state index in [2.05, 4.69) is 20.6 Å². The Hall–Kier alpha value is -3.27. The Labute approximate surface area is 162 Å². The van der Waals surface area contributed by atoms with E-state index in [4.69, 9.17) is 8.92 Å². The van der Waals surface area contributed by atoms with Crippen molar-refractivity contribution in [1.29, 1.82) is 0 Å². The molecule has 10 heteroatoms. The molecule has 9 nitrogen and oxygen atoms in total. The molecule has 0 spiro atoms. The Balaban J connectivity index is 1.91. The number of amides is 1. The van der Waals surface area contributed by atoms with Crippen LogP contribution in [0.25, 0.3) is 22.4 Å². The standard InChI is InChI=1S/C18H20N4O5S/c1-19-17(23)10-20-11-4-7-14-15(8-11)22-18(21-14)13-6-5-12(9-16(13)26-2)27-28(3,24)25/h4-9,20H,10H2,1-3H3,(H,19,23)(H,21,22). The van der Waals surface area contributed by atoms with E-state index >= 15 is 0 Å². The molecule has 0 aliphatic carbocycles. The second-order valence-electron chi connectivity index (χ2n) is 5.99. The minimum atomic E-state index is -3.63. The summed E-state index contributed by atoms with van der Waals surface area (Å²) in [4.78, 5) is 19.1. The SMILES string of the molecule is CNC(=O)CNc1ccc2nc(-c3ccc(OS(C)(=O)=O)cc3OC)[nH]c2c1. The molecule has 0 saturated heterocycles. The van der Waals surface area contributed by atoms with E-state index in [1.54, 1.807) is 13.1 Å². The van der Waals surface area contributed by atoms with E-state index in [1.807, 2.05) is 18.2 Å². The number of likely N-dealkylation sites (N-methyl/N-ethyl adjacent to an activating group) is 1. The number of H-pyrrole nitrogens is 1. The summed E-state index contributed by atoms with van der Waals surface area (Å²) in [6.45, 7) is 0.165. The zero-order valence-electron chi connectivity index (χ0n) is 15.6. The van der Waals surface area contributed by atoms with Gasteiger partial charge in [0.2, 0.25) is 5.91 Å². The molecule has 0 bridgehead atoms. The Morgan fingerprint density at radius 1 is 1.21 bits per heavy atom. The van der Waals surface area contributed by atoms with E-state index in [1.165, 1.54) is 19.2 Å². The highest BCUT2D eigenvalue weighted by Gasteiger charge is 2.14. The third kappa shape index (κ3) is 4.52. The fourth-order valence-electron chi connectivity index (χ4n) is 2.61. The van der Waals surface area contributed by atoms with Crippen LogP contribution >= 0.6 is 0 Å². The fourth-order valence-corrected chi connectivity index (χ4v) is 3.06. The molecule has 0 saturated carbocycles. The molecule has 1 aromatic heterocycles.